The summed E-state index contributed by atoms with van der Waals surface area (Å²) in [5, 5.41) is 10.0. The maximum absolute atomic E-state index is 14.3. The van der Waals surface area contributed by atoms with Gasteiger partial charge in [0.05, 0.1) is 23.7 Å². The van der Waals surface area contributed by atoms with Gasteiger partial charge in [0.1, 0.15) is 5.82 Å². The summed E-state index contributed by atoms with van der Waals surface area (Å²) in [4.78, 5) is 0.921. The van der Waals surface area contributed by atoms with Crippen LogP contribution in [0.1, 0.15) is 49.7 Å². The smallest absolute Gasteiger partial charge is 0.124 e. The lowest BCUT2D eigenvalue weighted by Crippen LogP contribution is -2.41. The van der Waals surface area contributed by atoms with Gasteiger partial charge in [-0.15, -0.1) is 11.8 Å². The van der Waals surface area contributed by atoms with Crippen molar-refractivity contribution in [1.29, 1.82) is 5.26 Å². The van der Waals surface area contributed by atoms with Crippen molar-refractivity contribution in [3.8, 4) is 6.07 Å². The summed E-state index contributed by atoms with van der Waals surface area (Å²) in [5.74, 6) is 0.429. The first-order valence-corrected chi connectivity index (χ1v) is 11.3. The van der Waals surface area contributed by atoms with Gasteiger partial charge >= 0.3 is 0 Å². The zero-order chi connectivity index (χ0) is 19.6. The van der Waals surface area contributed by atoms with Crippen LogP contribution in [-0.2, 0) is 15.8 Å². The fourth-order valence-corrected chi connectivity index (χ4v) is 4.80. The molecule has 0 aromatic heterocycles. The molecule has 0 aliphatic heterocycles. The summed E-state index contributed by atoms with van der Waals surface area (Å²) < 4.78 is 20.8. The normalized spacial score (nSPS) is 27.3. The van der Waals surface area contributed by atoms with Gasteiger partial charge in [-0.05, 0) is 80.0 Å². The van der Waals surface area contributed by atoms with Crippen LogP contribution in [-0.4, -0.2) is 12.9 Å². The SMILES string of the molecule is CSc1cc(F)cc([C@]2(OCC3CC3)CC[C@](C#N)(c3ccccc3)CC2)c1. The topological polar surface area (TPSA) is 33.0 Å². The Hall–Kier alpha value is -1.83. The number of nitriles is 1. The highest BCUT2D eigenvalue weighted by atomic mass is 32.2. The van der Waals surface area contributed by atoms with E-state index in [9.17, 15) is 9.65 Å². The average Bonchev–Trinajstić information content (AvgIpc) is 3.57. The molecule has 0 amide bonds. The second-order valence-corrected chi connectivity index (χ2v) is 9.07. The standard InChI is InChI=1S/C24H26FNOS/c1-28-22-14-20(13-21(25)15-22)24(27-16-18-7-8-18)11-9-23(17-26,10-12-24)19-5-3-2-4-6-19/h2-6,13-15,18H,7-12,16H2,1H3/t23-,24-. The maximum atomic E-state index is 14.3. The lowest BCUT2D eigenvalue weighted by atomic mass is 9.64. The van der Waals surface area contributed by atoms with E-state index in [1.165, 1.54) is 12.8 Å². The maximum Gasteiger partial charge on any atom is 0.124 e. The number of rotatable bonds is 6. The number of halogens is 1. The Balaban J connectivity index is 1.65. The molecule has 4 rings (SSSR count). The van der Waals surface area contributed by atoms with E-state index in [4.69, 9.17) is 4.74 Å². The minimum atomic E-state index is -0.496. The summed E-state index contributed by atoms with van der Waals surface area (Å²) in [6.45, 7) is 0.732. The van der Waals surface area contributed by atoms with Crippen molar-refractivity contribution in [2.24, 2.45) is 5.92 Å². The first kappa shape index (κ1) is 19.5. The summed E-state index contributed by atoms with van der Waals surface area (Å²) in [6.07, 6.45) is 7.33. The molecule has 28 heavy (non-hydrogen) atoms. The summed E-state index contributed by atoms with van der Waals surface area (Å²) in [7, 11) is 0. The predicted octanol–water partition coefficient (Wildman–Crippen LogP) is 6.21. The molecule has 146 valence electrons. The third kappa shape index (κ3) is 3.83. The molecule has 2 saturated carbocycles. The number of benzene rings is 2. The Labute approximate surface area is 171 Å². The van der Waals surface area contributed by atoms with E-state index in [1.807, 2.05) is 24.5 Å². The van der Waals surface area contributed by atoms with E-state index in [-0.39, 0.29) is 5.82 Å². The first-order valence-electron chi connectivity index (χ1n) is 10.0. The Morgan fingerprint density at radius 2 is 1.79 bits per heavy atom. The second kappa shape index (κ2) is 7.89. The van der Waals surface area contributed by atoms with Gasteiger partial charge in [-0.25, -0.2) is 4.39 Å². The first-order chi connectivity index (χ1) is 13.6. The van der Waals surface area contributed by atoms with Crippen molar-refractivity contribution in [3.05, 3.63) is 65.5 Å². The third-order valence-corrected chi connectivity index (χ3v) is 7.08. The van der Waals surface area contributed by atoms with Gasteiger partial charge in [-0.1, -0.05) is 30.3 Å². The van der Waals surface area contributed by atoms with Crippen LogP contribution in [0.15, 0.2) is 53.4 Å². The van der Waals surface area contributed by atoms with Gasteiger partial charge in [-0.2, -0.15) is 5.26 Å². The lowest BCUT2D eigenvalue weighted by molar-refractivity contribution is -0.0883. The van der Waals surface area contributed by atoms with E-state index < -0.39 is 11.0 Å². The molecule has 0 atom stereocenters. The highest BCUT2D eigenvalue weighted by Gasteiger charge is 2.46. The average molecular weight is 396 g/mol. The van der Waals surface area contributed by atoms with Crippen LogP contribution < -0.4 is 0 Å². The van der Waals surface area contributed by atoms with Crippen molar-refractivity contribution >= 4 is 11.8 Å². The van der Waals surface area contributed by atoms with Crippen molar-refractivity contribution in [1.82, 2.24) is 0 Å². The van der Waals surface area contributed by atoms with Crippen LogP contribution in [0.2, 0.25) is 0 Å². The van der Waals surface area contributed by atoms with Crippen LogP contribution in [0.3, 0.4) is 0 Å². The van der Waals surface area contributed by atoms with Crippen LogP contribution in [0.4, 0.5) is 4.39 Å². The third-order valence-electron chi connectivity index (χ3n) is 6.38. The molecule has 0 bridgehead atoms. The van der Waals surface area contributed by atoms with Crippen molar-refractivity contribution in [3.63, 3.8) is 0 Å². The van der Waals surface area contributed by atoms with E-state index in [1.54, 1.807) is 23.9 Å². The van der Waals surface area contributed by atoms with Gasteiger partial charge in [0.2, 0.25) is 0 Å². The highest BCUT2D eigenvalue weighted by Crippen LogP contribution is 2.50. The monoisotopic (exact) mass is 395 g/mol. The minimum Gasteiger partial charge on any atom is -0.370 e. The van der Waals surface area contributed by atoms with E-state index in [2.05, 4.69) is 24.3 Å². The number of nitrogens with zero attached hydrogens (tertiary/aromatic N) is 1. The summed E-state index contributed by atoms with van der Waals surface area (Å²) in [5.41, 5.74) is 1.03. The van der Waals surface area contributed by atoms with Crippen molar-refractivity contribution in [2.45, 2.75) is 54.4 Å². The predicted molar refractivity (Wildman–Crippen MR) is 111 cm³/mol. The minimum absolute atomic E-state index is 0.212. The van der Waals surface area contributed by atoms with E-state index in [0.717, 1.165) is 48.3 Å². The molecule has 0 N–H and O–H groups in total. The van der Waals surface area contributed by atoms with Gasteiger partial charge in [-0.3, -0.25) is 0 Å². The fourth-order valence-electron chi connectivity index (χ4n) is 4.32. The fraction of sp³-hybridized carbons (Fsp3) is 0.458. The van der Waals surface area contributed by atoms with E-state index >= 15 is 0 Å². The molecule has 0 unspecified atom stereocenters. The lowest BCUT2D eigenvalue weighted by Gasteiger charge is -2.44. The molecule has 2 aromatic rings. The quantitative estimate of drug-likeness (QED) is 0.546. The van der Waals surface area contributed by atoms with Crippen molar-refractivity contribution in [2.75, 3.05) is 12.9 Å². The Bertz CT molecular complexity index is 864. The zero-order valence-electron chi connectivity index (χ0n) is 16.3. The highest BCUT2D eigenvalue weighted by molar-refractivity contribution is 7.98. The largest absolute Gasteiger partial charge is 0.370 e. The Morgan fingerprint density at radius 3 is 2.39 bits per heavy atom. The van der Waals surface area contributed by atoms with Crippen LogP contribution in [0.5, 0.6) is 0 Å². The molecule has 2 fully saturated rings. The number of thioether (sulfide) groups is 1. The molecule has 0 spiro atoms. The molecule has 2 aliphatic rings. The summed E-state index contributed by atoms with van der Waals surface area (Å²) in [6, 6.07) is 18.0. The molecule has 0 saturated heterocycles. The molecular weight excluding hydrogens is 369 g/mol. The van der Waals surface area contributed by atoms with Gasteiger partial charge in [0.15, 0.2) is 0 Å². The van der Waals surface area contributed by atoms with Crippen LogP contribution in [0.25, 0.3) is 0 Å². The molecule has 4 heteroatoms. The molecule has 2 aromatic carbocycles. The van der Waals surface area contributed by atoms with Crippen LogP contribution >= 0.6 is 11.8 Å². The molecule has 2 aliphatic carbocycles. The number of ether oxygens (including phenoxy) is 1. The summed E-state index contributed by atoms with van der Waals surface area (Å²) >= 11 is 1.55. The Morgan fingerprint density at radius 1 is 1.07 bits per heavy atom. The zero-order valence-corrected chi connectivity index (χ0v) is 17.1. The second-order valence-electron chi connectivity index (χ2n) is 8.19. The van der Waals surface area contributed by atoms with Gasteiger partial charge in [0.25, 0.3) is 0 Å². The molecule has 2 nitrogen and oxygen atoms in total. The van der Waals surface area contributed by atoms with Crippen LogP contribution in [0, 0.1) is 23.1 Å². The van der Waals surface area contributed by atoms with E-state index in [0.29, 0.717) is 5.92 Å². The number of hydrogen-bond donors (Lipinski definition) is 0. The Kier molecular flexibility index (Phi) is 5.49. The molecule has 0 radical (unpaired) electrons. The number of hydrogen-bond acceptors (Lipinski definition) is 3. The van der Waals surface area contributed by atoms with Gasteiger partial charge in [0, 0.05) is 4.90 Å². The molecular formula is C24H26FNOS. The van der Waals surface area contributed by atoms with Gasteiger partial charge < -0.3 is 4.74 Å². The van der Waals surface area contributed by atoms with Crippen molar-refractivity contribution < 1.29 is 9.13 Å². The molecule has 0 heterocycles.